The van der Waals surface area contributed by atoms with Crippen molar-refractivity contribution in [3.8, 4) is 0 Å². The second-order valence-electron chi connectivity index (χ2n) is 4.14. The van der Waals surface area contributed by atoms with Gasteiger partial charge in [-0.15, -0.1) is 5.10 Å². The van der Waals surface area contributed by atoms with Crippen LogP contribution in [0.15, 0.2) is 12.1 Å². The number of morpholine rings is 1. The smallest absolute Gasteiger partial charge is 0.346 e. The van der Waals surface area contributed by atoms with Gasteiger partial charge in [-0.2, -0.15) is 4.68 Å². The van der Waals surface area contributed by atoms with Crippen molar-refractivity contribution in [2.24, 2.45) is 0 Å². The third kappa shape index (κ3) is 2.27. The van der Waals surface area contributed by atoms with E-state index < -0.39 is 0 Å². The molecule has 19 heavy (non-hydrogen) atoms. The zero-order chi connectivity index (χ0) is 13.4. The van der Waals surface area contributed by atoms with Gasteiger partial charge in [0.1, 0.15) is 11.0 Å². The summed E-state index contributed by atoms with van der Waals surface area (Å²) in [6.07, 6.45) is 0. The van der Waals surface area contributed by atoms with Crippen LogP contribution in [-0.2, 0) is 4.74 Å². The highest BCUT2D eigenvalue weighted by atomic mass is 35.5. The molecule has 8 heteroatoms. The van der Waals surface area contributed by atoms with Gasteiger partial charge in [0, 0.05) is 13.1 Å². The standard InChI is InChI=1S/C11H10Cl2N4O2/c12-7-5-9-10(6-8(7)13)17(15-14-9)11(18)16-1-3-19-4-2-16/h5-6H,1-4H2. The molecule has 0 radical (unpaired) electrons. The predicted molar refractivity (Wildman–Crippen MR) is 70.7 cm³/mol. The Kier molecular flexibility index (Phi) is 3.30. The van der Waals surface area contributed by atoms with Crippen molar-refractivity contribution in [1.29, 1.82) is 0 Å². The van der Waals surface area contributed by atoms with Gasteiger partial charge in [0.05, 0.1) is 23.3 Å². The first-order chi connectivity index (χ1) is 9.16. The van der Waals surface area contributed by atoms with E-state index in [9.17, 15) is 4.79 Å². The molecule has 0 atom stereocenters. The number of hydrogen-bond acceptors (Lipinski definition) is 4. The third-order valence-electron chi connectivity index (χ3n) is 2.95. The Balaban J connectivity index is 2.00. The lowest BCUT2D eigenvalue weighted by Gasteiger charge is -2.26. The first kappa shape index (κ1) is 12.7. The van der Waals surface area contributed by atoms with E-state index in [2.05, 4.69) is 10.3 Å². The van der Waals surface area contributed by atoms with Crippen LogP contribution in [0, 0.1) is 0 Å². The van der Waals surface area contributed by atoms with Crippen LogP contribution in [0.5, 0.6) is 0 Å². The molecule has 1 aromatic carbocycles. The number of rotatable bonds is 0. The maximum Gasteiger partial charge on any atom is 0.346 e. The SMILES string of the molecule is O=C(N1CCOCC1)n1nnc2cc(Cl)c(Cl)cc21. The number of amides is 1. The van der Waals surface area contributed by atoms with Crippen LogP contribution < -0.4 is 0 Å². The van der Waals surface area contributed by atoms with E-state index in [0.717, 1.165) is 0 Å². The summed E-state index contributed by atoms with van der Waals surface area (Å²) in [5.41, 5.74) is 1.09. The zero-order valence-corrected chi connectivity index (χ0v) is 11.4. The molecule has 1 aliphatic rings. The Morgan fingerprint density at radius 1 is 1.21 bits per heavy atom. The van der Waals surface area contributed by atoms with Gasteiger partial charge in [-0.25, -0.2) is 4.79 Å². The van der Waals surface area contributed by atoms with Crippen molar-refractivity contribution < 1.29 is 9.53 Å². The van der Waals surface area contributed by atoms with Crippen LogP contribution in [-0.4, -0.2) is 52.2 Å². The Hall–Kier alpha value is -1.37. The van der Waals surface area contributed by atoms with E-state index in [1.807, 2.05) is 0 Å². The fourth-order valence-corrected chi connectivity index (χ4v) is 2.26. The lowest BCUT2D eigenvalue weighted by atomic mass is 10.3. The summed E-state index contributed by atoms with van der Waals surface area (Å²) in [6, 6.07) is 2.96. The number of halogens is 2. The van der Waals surface area contributed by atoms with E-state index in [1.54, 1.807) is 17.0 Å². The number of carbonyl (C=O) groups is 1. The molecular formula is C11H10Cl2N4O2. The quantitative estimate of drug-likeness (QED) is 0.747. The largest absolute Gasteiger partial charge is 0.378 e. The summed E-state index contributed by atoms with van der Waals surface area (Å²) < 4.78 is 6.45. The first-order valence-electron chi connectivity index (χ1n) is 5.74. The molecule has 100 valence electrons. The van der Waals surface area contributed by atoms with Crippen molar-refractivity contribution in [3.63, 3.8) is 0 Å². The van der Waals surface area contributed by atoms with Gasteiger partial charge in [-0.1, -0.05) is 28.4 Å². The molecule has 1 fully saturated rings. The van der Waals surface area contributed by atoms with Crippen molar-refractivity contribution >= 4 is 40.3 Å². The molecule has 2 heterocycles. The van der Waals surface area contributed by atoms with E-state index in [4.69, 9.17) is 27.9 Å². The van der Waals surface area contributed by atoms with Crippen LogP contribution in [0.4, 0.5) is 4.79 Å². The number of hydrogen-bond donors (Lipinski definition) is 0. The fourth-order valence-electron chi connectivity index (χ4n) is 1.95. The highest BCUT2D eigenvalue weighted by Crippen LogP contribution is 2.26. The van der Waals surface area contributed by atoms with Gasteiger partial charge in [0.2, 0.25) is 0 Å². The summed E-state index contributed by atoms with van der Waals surface area (Å²) >= 11 is 11.9. The van der Waals surface area contributed by atoms with Crippen molar-refractivity contribution in [2.75, 3.05) is 26.3 Å². The Morgan fingerprint density at radius 2 is 1.89 bits per heavy atom. The van der Waals surface area contributed by atoms with E-state index in [1.165, 1.54) is 4.68 Å². The lowest BCUT2D eigenvalue weighted by Crippen LogP contribution is -2.43. The van der Waals surface area contributed by atoms with E-state index in [-0.39, 0.29) is 6.03 Å². The van der Waals surface area contributed by atoms with Crippen LogP contribution in [0.1, 0.15) is 0 Å². The fraction of sp³-hybridized carbons (Fsp3) is 0.364. The van der Waals surface area contributed by atoms with Crippen LogP contribution in [0.2, 0.25) is 10.0 Å². The van der Waals surface area contributed by atoms with Gasteiger partial charge in [-0.3, -0.25) is 0 Å². The second-order valence-corrected chi connectivity index (χ2v) is 4.95. The minimum Gasteiger partial charge on any atom is -0.378 e. The monoisotopic (exact) mass is 300 g/mol. The summed E-state index contributed by atoms with van der Waals surface area (Å²) in [6.45, 7) is 2.15. The number of nitrogens with zero attached hydrogens (tertiary/aromatic N) is 4. The molecular weight excluding hydrogens is 291 g/mol. The summed E-state index contributed by atoms with van der Waals surface area (Å²) in [7, 11) is 0. The Labute approximate surface area is 118 Å². The summed E-state index contributed by atoms with van der Waals surface area (Å²) in [5, 5.41) is 8.55. The van der Waals surface area contributed by atoms with Gasteiger partial charge in [0.25, 0.3) is 0 Å². The summed E-state index contributed by atoms with van der Waals surface area (Å²) in [4.78, 5) is 14.0. The molecule has 0 N–H and O–H groups in total. The van der Waals surface area contributed by atoms with Gasteiger partial charge >= 0.3 is 6.03 Å². The number of ether oxygens (including phenoxy) is 1. The molecule has 0 unspecified atom stereocenters. The average molecular weight is 301 g/mol. The lowest BCUT2D eigenvalue weighted by molar-refractivity contribution is 0.0530. The molecule has 1 saturated heterocycles. The molecule has 0 aliphatic carbocycles. The zero-order valence-electron chi connectivity index (χ0n) is 9.84. The predicted octanol–water partition coefficient (Wildman–Crippen LogP) is 2.04. The first-order valence-corrected chi connectivity index (χ1v) is 6.50. The van der Waals surface area contributed by atoms with Gasteiger partial charge in [-0.05, 0) is 12.1 Å². The molecule has 1 aliphatic heterocycles. The van der Waals surface area contributed by atoms with E-state index >= 15 is 0 Å². The van der Waals surface area contributed by atoms with Crippen molar-refractivity contribution in [2.45, 2.75) is 0 Å². The number of benzene rings is 1. The highest BCUT2D eigenvalue weighted by Gasteiger charge is 2.21. The van der Waals surface area contributed by atoms with Crippen LogP contribution >= 0.6 is 23.2 Å². The van der Waals surface area contributed by atoms with Crippen LogP contribution in [0.3, 0.4) is 0 Å². The molecule has 1 amide bonds. The number of carbonyl (C=O) groups excluding carboxylic acids is 1. The van der Waals surface area contributed by atoms with Gasteiger partial charge in [0.15, 0.2) is 0 Å². The second kappa shape index (κ2) is 4.96. The minimum atomic E-state index is -0.232. The van der Waals surface area contributed by atoms with Crippen LogP contribution in [0.25, 0.3) is 11.0 Å². The summed E-state index contributed by atoms with van der Waals surface area (Å²) in [5.74, 6) is 0. The normalized spacial score (nSPS) is 16.0. The Morgan fingerprint density at radius 3 is 2.63 bits per heavy atom. The molecule has 0 saturated carbocycles. The highest BCUT2D eigenvalue weighted by molar-refractivity contribution is 6.42. The van der Waals surface area contributed by atoms with Gasteiger partial charge < -0.3 is 9.64 Å². The molecule has 0 spiro atoms. The molecule has 3 rings (SSSR count). The topological polar surface area (TPSA) is 60.2 Å². The van der Waals surface area contributed by atoms with Crippen molar-refractivity contribution in [1.82, 2.24) is 19.9 Å². The maximum absolute atomic E-state index is 12.3. The maximum atomic E-state index is 12.3. The number of fused-ring (bicyclic) bond motifs is 1. The third-order valence-corrected chi connectivity index (χ3v) is 3.67. The molecule has 0 bridgehead atoms. The Bertz CT molecular complexity index is 637. The molecule has 1 aromatic heterocycles. The molecule has 2 aromatic rings. The molecule has 6 nitrogen and oxygen atoms in total. The van der Waals surface area contributed by atoms with Crippen molar-refractivity contribution in [3.05, 3.63) is 22.2 Å². The number of aromatic nitrogens is 3. The van der Waals surface area contributed by atoms with E-state index in [0.29, 0.717) is 47.4 Å². The average Bonchev–Trinajstić information content (AvgIpc) is 2.82. The minimum absolute atomic E-state index is 0.232.